The summed E-state index contributed by atoms with van der Waals surface area (Å²) < 4.78 is 4.89. The Kier molecular flexibility index (Phi) is 5.00. The Hall–Kier alpha value is -2.22. The van der Waals surface area contributed by atoms with Gasteiger partial charge < -0.3 is 10.1 Å². The number of methoxy groups -OCH3 is 1. The van der Waals surface area contributed by atoms with E-state index in [0.29, 0.717) is 10.7 Å². The Morgan fingerprint density at radius 3 is 2.89 bits per heavy atom. The monoisotopic (exact) mass is 268 g/mol. The first-order valence-electron chi connectivity index (χ1n) is 4.91. The molecule has 0 aliphatic rings. The molecule has 0 aliphatic heterocycles. The van der Waals surface area contributed by atoms with E-state index in [-0.39, 0.29) is 11.4 Å². The molecule has 0 spiro atoms. The highest BCUT2D eigenvalue weighted by molar-refractivity contribution is 7.80. The van der Waals surface area contributed by atoms with E-state index < -0.39 is 4.92 Å². The number of nitrogens with zero attached hydrogens (tertiary/aromatic N) is 2. The molecule has 1 aromatic carbocycles. The van der Waals surface area contributed by atoms with Gasteiger partial charge in [-0.2, -0.15) is 5.10 Å². The fourth-order valence-electron chi connectivity index (χ4n) is 1.15. The minimum Gasteiger partial charge on any atom is -0.490 e. The summed E-state index contributed by atoms with van der Waals surface area (Å²) in [6, 6.07) is 4.53. The van der Waals surface area contributed by atoms with Crippen molar-refractivity contribution >= 4 is 29.2 Å². The molecule has 96 valence electrons. The molecule has 0 saturated heterocycles. The van der Waals surface area contributed by atoms with E-state index in [1.54, 1.807) is 13.1 Å². The topological polar surface area (TPSA) is 88.8 Å². The summed E-state index contributed by atoms with van der Waals surface area (Å²) in [5, 5.41) is 17.7. The summed E-state index contributed by atoms with van der Waals surface area (Å²) in [6.07, 6.45) is 1.43. The van der Waals surface area contributed by atoms with Gasteiger partial charge in [0.05, 0.1) is 18.2 Å². The molecule has 2 N–H and O–H groups in total. The van der Waals surface area contributed by atoms with E-state index in [1.165, 1.54) is 25.5 Å². The Morgan fingerprint density at radius 2 is 2.33 bits per heavy atom. The third-order valence-electron chi connectivity index (χ3n) is 2.01. The third-order valence-corrected chi connectivity index (χ3v) is 2.30. The summed E-state index contributed by atoms with van der Waals surface area (Å²) in [5.41, 5.74) is 3.00. The van der Waals surface area contributed by atoms with Crippen molar-refractivity contribution < 1.29 is 9.66 Å². The summed E-state index contributed by atoms with van der Waals surface area (Å²) in [5.74, 6) is 0.204. The predicted molar refractivity (Wildman–Crippen MR) is 72.0 cm³/mol. The van der Waals surface area contributed by atoms with E-state index in [1.807, 2.05) is 0 Å². The number of nitro groups is 1. The van der Waals surface area contributed by atoms with Crippen molar-refractivity contribution in [2.24, 2.45) is 5.10 Å². The maximum absolute atomic E-state index is 10.8. The van der Waals surface area contributed by atoms with Gasteiger partial charge in [-0.25, -0.2) is 0 Å². The maximum Gasteiger partial charge on any atom is 0.311 e. The number of nitrogens with one attached hydrogen (secondary N) is 2. The highest BCUT2D eigenvalue weighted by atomic mass is 32.1. The zero-order chi connectivity index (χ0) is 13.5. The van der Waals surface area contributed by atoms with Crippen LogP contribution in [0.5, 0.6) is 5.75 Å². The third kappa shape index (κ3) is 3.67. The number of thiocarbonyl (C=S) groups is 1. The van der Waals surface area contributed by atoms with Gasteiger partial charge in [0, 0.05) is 18.7 Å². The van der Waals surface area contributed by atoms with Gasteiger partial charge in [0.1, 0.15) is 0 Å². The fourth-order valence-corrected chi connectivity index (χ4v) is 1.20. The van der Waals surface area contributed by atoms with Crippen LogP contribution in [0.25, 0.3) is 0 Å². The van der Waals surface area contributed by atoms with Crippen LogP contribution < -0.4 is 15.5 Å². The molecule has 7 nitrogen and oxygen atoms in total. The fraction of sp³-hybridized carbons (Fsp3) is 0.200. The molecule has 0 bridgehead atoms. The van der Waals surface area contributed by atoms with Gasteiger partial charge in [-0.1, -0.05) is 0 Å². The molecule has 0 fully saturated rings. The molecular formula is C10H12N4O3S. The molecular weight excluding hydrogens is 256 g/mol. The zero-order valence-corrected chi connectivity index (χ0v) is 10.7. The van der Waals surface area contributed by atoms with E-state index in [9.17, 15) is 10.1 Å². The summed E-state index contributed by atoms with van der Waals surface area (Å²) >= 11 is 4.81. The lowest BCUT2D eigenvalue weighted by molar-refractivity contribution is -0.385. The van der Waals surface area contributed by atoms with Crippen molar-refractivity contribution in [2.45, 2.75) is 0 Å². The average molecular weight is 268 g/mol. The van der Waals surface area contributed by atoms with Crippen molar-refractivity contribution in [1.29, 1.82) is 0 Å². The van der Waals surface area contributed by atoms with Crippen molar-refractivity contribution in [3.05, 3.63) is 33.9 Å². The smallest absolute Gasteiger partial charge is 0.311 e. The second kappa shape index (κ2) is 6.50. The van der Waals surface area contributed by atoms with Gasteiger partial charge in [-0.15, -0.1) is 0 Å². The first-order valence-corrected chi connectivity index (χ1v) is 5.32. The van der Waals surface area contributed by atoms with Crippen molar-refractivity contribution in [1.82, 2.24) is 10.7 Å². The minimum atomic E-state index is -0.512. The van der Waals surface area contributed by atoms with Gasteiger partial charge in [-0.3, -0.25) is 15.5 Å². The van der Waals surface area contributed by atoms with Gasteiger partial charge in [0.15, 0.2) is 10.9 Å². The molecule has 8 heteroatoms. The van der Waals surface area contributed by atoms with Crippen LogP contribution in [-0.4, -0.2) is 30.4 Å². The second-order valence-corrected chi connectivity index (χ2v) is 3.55. The van der Waals surface area contributed by atoms with Crippen molar-refractivity contribution in [2.75, 3.05) is 14.2 Å². The molecule has 1 rings (SSSR count). The van der Waals surface area contributed by atoms with Gasteiger partial charge >= 0.3 is 5.69 Å². The molecule has 0 atom stereocenters. The Labute approximate surface area is 109 Å². The normalized spacial score (nSPS) is 10.1. The minimum absolute atomic E-state index is 0.113. The van der Waals surface area contributed by atoms with E-state index in [0.717, 1.165) is 0 Å². The Balaban J connectivity index is 2.88. The maximum atomic E-state index is 10.8. The SMILES string of the molecule is CNC(=S)NN=Cc1ccc(OC)c([N+](=O)[O-])c1. The molecule has 0 aliphatic carbocycles. The summed E-state index contributed by atoms with van der Waals surface area (Å²) in [4.78, 5) is 10.3. The first kappa shape index (κ1) is 13.8. The lowest BCUT2D eigenvalue weighted by Gasteiger charge is -2.02. The van der Waals surface area contributed by atoms with Crippen LogP contribution in [0.3, 0.4) is 0 Å². The van der Waals surface area contributed by atoms with Crippen LogP contribution in [0.15, 0.2) is 23.3 Å². The number of hydrazone groups is 1. The highest BCUT2D eigenvalue weighted by Crippen LogP contribution is 2.26. The van der Waals surface area contributed by atoms with Crippen molar-refractivity contribution in [3.8, 4) is 5.75 Å². The van der Waals surface area contributed by atoms with E-state index in [4.69, 9.17) is 17.0 Å². The van der Waals surface area contributed by atoms with Gasteiger partial charge in [-0.05, 0) is 24.4 Å². The van der Waals surface area contributed by atoms with Gasteiger partial charge in [0.2, 0.25) is 0 Å². The molecule has 1 aromatic rings. The van der Waals surface area contributed by atoms with Gasteiger partial charge in [0.25, 0.3) is 0 Å². The highest BCUT2D eigenvalue weighted by Gasteiger charge is 2.14. The zero-order valence-electron chi connectivity index (χ0n) is 9.84. The Bertz CT molecular complexity index is 490. The number of ether oxygens (including phenoxy) is 1. The molecule has 0 amide bonds. The number of hydrogen-bond acceptors (Lipinski definition) is 5. The number of nitro benzene ring substituents is 1. The molecule has 18 heavy (non-hydrogen) atoms. The van der Waals surface area contributed by atoms with E-state index in [2.05, 4.69) is 15.8 Å². The van der Waals surface area contributed by atoms with Crippen LogP contribution in [0.2, 0.25) is 0 Å². The molecule has 0 radical (unpaired) electrons. The van der Waals surface area contributed by atoms with Crippen LogP contribution in [0, 0.1) is 10.1 Å². The van der Waals surface area contributed by atoms with E-state index >= 15 is 0 Å². The average Bonchev–Trinajstić information content (AvgIpc) is 2.38. The van der Waals surface area contributed by atoms with Crippen LogP contribution in [-0.2, 0) is 0 Å². The second-order valence-electron chi connectivity index (χ2n) is 3.14. The molecule has 0 unspecified atom stereocenters. The lowest BCUT2D eigenvalue weighted by Crippen LogP contribution is -2.28. The quantitative estimate of drug-likeness (QED) is 0.367. The number of rotatable bonds is 4. The number of benzene rings is 1. The number of hydrogen-bond donors (Lipinski definition) is 2. The molecule has 0 saturated carbocycles. The largest absolute Gasteiger partial charge is 0.490 e. The molecule has 0 heterocycles. The van der Waals surface area contributed by atoms with Crippen molar-refractivity contribution in [3.63, 3.8) is 0 Å². The van der Waals surface area contributed by atoms with Crippen LogP contribution >= 0.6 is 12.2 Å². The standard InChI is InChI=1S/C10H12N4O3S/c1-11-10(18)13-12-6-7-3-4-9(17-2)8(5-7)14(15)16/h3-6H,1-2H3,(H2,11,13,18). The summed E-state index contributed by atoms with van der Waals surface area (Å²) in [6.45, 7) is 0. The molecule has 0 aromatic heterocycles. The predicted octanol–water partition coefficient (Wildman–Crippen LogP) is 1.03. The first-order chi connectivity index (χ1) is 8.58. The Morgan fingerprint density at radius 1 is 1.61 bits per heavy atom. The lowest BCUT2D eigenvalue weighted by atomic mass is 10.2. The van der Waals surface area contributed by atoms with Crippen LogP contribution in [0.1, 0.15) is 5.56 Å². The van der Waals surface area contributed by atoms with Crippen LogP contribution in [0.4, 0.5) is 5.69 Å². The summed E-state index contributed by atoms with van der Waals surface area (Å²) in [7, 11) is 3.03.